The summed E-state index contributed by atoms with van der Waals surface area (Å²) in [5.41, 5.74) is 0.309. The first-order chi connectivity index (χ1) is 10.7. The number of thioether (sulfide) groups is 1. The summed E-state index contributed by atoms with van der Waals surface area (Å²) in [7, 11) is 0. The second-order valence-corrected chi connectivity index (χ2v) is 8.26. The van der Waals surface area contributed by atoms with Crippen molar-refractivity contribution in [1.29, 1.82) is 0 Å². The molecule has 0 radical (unpaired) electrons. The molecular formula is C18H30N2OS. The van der Waals surface area contributed by atoms with Gasteiger partial charge in [0.1, 0.15) is 0 Å². The average molecular weight is 323 g/mol. The van der Waals surface area contributed by atoms with Gasteiger partial charge < -0.3 is 4.90 Å². The standard InChI is InChI=1S/C18H30N2OS/c1-2-20-17(19-16(21)15-9-5-3-6-10-15)22-14-13-18(20)11-7-4-8-12-18/h15H,2-14H2,1H3. The molecule has 3 rings (SSSR count). The lowest BCUT2D eigenvalue weighted by atomic mass is 9.78. The van der Waals surface area contributed by atoms with Gasteiger partial charge in [-0.15, -0.1) is 0 Å². The van der Waals surface area contributed by atoms with Gasteiger partial charge in [-0.05, 0) is 39.0 Å². The highest BCUT2D eigenvalue weighted by atomic mass is 32.2. The molecule has 124 valence electrons. The van der Waals surface area contributed by atoms with E-state index in [1.807, 2.05) is 11.8 Å². The van der Waals surface area contributed by atoms with E-state index in [0.717, 1.165) is 30.3 Å². The minimum absolute atomic E-state index is 0.161. The van der Waals surface area contributed by atoms with Crippen molar-refractivity contribution in [2.75, 3.05) is 12.3 Å². The zero-order valence-corrected chi connectivity index (χ0v) is 14.8. The fraction of sp³-hybridized carbons (Fsp3) is 0.889. The Morgan fingerprint density at radius 3 is 2.50 bits per heavy atom. The normalized spacial score (nSPS) is 28.2. The molecule has 0 aromatic heterocycles. The Morgan fingerprint density at radius 2 is 1.82 bits per heavy atom. The molecule has 1 amide bonds. The highest BCUT2D eigenvalue weighted by molar-refractivity contribution is 8.13. The van der Waals surface area contributed by atoms with Crippen LogP contribution in [0.3, 0.4) is 0 Å². The molecule has 0 atom stereocenters. The first kappa shape index (κ1) is 16.4. The van der Waals surface area contributed by atoms with Crippen LogP contribution in [-0.2, 0) is 4.79 Å². The monoisotopic (exact) mass is 322 g/mol. The topological polar surface area (TPSA) is 32.7 Å². The maximum Gasteiger partial charge on any atom is 0.251 e. The van der Waals surface area contributed by atoms with Crippen molar-refractivity contribution in [3.05, 3.63) is 0 Å². The van der Waals surface area contributed by atoms with Crippen molar-refractivity contribution in [1.82, 2.24) is 4.90 Å². The van der Waals surface area contributed by atoms with Gasteiger partial charge in [-0.1, -0.05) is 50.3 Å². The zero-order chi connectivity index (χ0) is 15.4. The summed E-state index contributed by atoms with van der Waals surface area (Å²) in [5.74, 6) is 1.49. The van der Waals surface area contributed by atoms with E-state index in [2.05, 4.69) is 16.8 Å². The molecule has 22 heavy (non-hydrogen) atoms. The fourth-order valence-electron chi connectivity index (χ4n) is 4.58. The van der Waals surface area contributed by atoms with E-state index >= 15 is 0 Å². The Balaban J connectivity index is 1.75. The Hall–Kier alpha value is -0.510. The van der Waals surface area contributed by atoms with Crippen LogP contribution in [0.15, 0.2) is 4.99 Å². The van der Waals surface area contributed by atoms with Crippen molar-refractivity contribution in [2.24, 2.45) is 10.9 Å². The van der Waals surface area contributed by atoms with E-state index < -0.39 is 0 Å². The van der Waals surface area contributed by atoms with E-state index in [0.29, 0.717) is 5.54 Å². The van der Waals surface area contributed by atoms with Crippen molar-refractivity contribution in [2.45, 2.75) is 83.1 Å². The van der Waals surface area contributed by atoms with E-state index in [-0.39, 0.29) is 11.8 Å². The van der Waals surface area contributed by atoms with Crippen LogP contribution in [-0.4, -0.2) is 33.8 Å². The Kier molecular flexibility index (Phi) is 5.48. The minimum Gasteiger partial charge on any atom is -0.346 e. The minimum atomic E-state index is 0.161. The number of aliphatic imine (C=N–C) groups is 1. The maximum atomic E-state index is 12.6. The van der Waals surface area contributed by atoms with Gasteiger partial charge in [0.25, 0.3) is 5.91 Å². The van der Waals surface area contributed by atoms with Gasteiger partial charge in [-0.3, -0.25) is 4.79 Å². The molecule has 0 aromatic carbocycles. The van der Waals surface area contributed by atoms with E-state index in [4.69, 9.17) is 0 Å². The highest BCUT2D eigenvalue weighted by Gasteiger charge is 2.42. The number of carbonyl (C=O) groups excluding carboxylic acids is 1. The number of hydrogen-bond donors (Lipinski definition) is 0. The molecule has 0 bridgehead atoms. The third kappa shape index (κ3) is 3.37. The van der Waals surface area contributed by atoms with Gasteiger partial charge in [0.2, 0.25) is 0 Å². The van der Waals surface area contributed by atoms with Crippen LogP contribution in [0.4, 0.5) is 0 Å². The molecule has 1 saturated heterocycles. The molecule has 1 heterocycles. The molecule has 2 aliphatic carbocycles. The molecule has 1 aliphatic heterocycles. The number of rotatable bonds is 2. The van der Waals surface area contributed by atoms with Crippen LogP contribution < -0.4 is 0 Å². The fourth-order valence-corrected chi connectivity index (χ4v) is 5.87. The van der Waals surface area contributed by atoms with Gasteiger partial charge >= 0.3 is 0 Å². The summed E-state index contributed by atoms with van der Waals surface area (Å²) < 4.78 is 0. The molecule has 3 fully saturated rings. The first-order valence-corrected chi connectivity index (χ1v) is 10.3. The smallest absolute Gasteiger partial charge is 0.251 e. The summed E-state index contributed by atoms with van der Waals surface area (Å²) in [6.07, 6.45) is 13.7. The Morgan fingerprint density at radius 1 is 1.14 bits per heavy atom. The quantitative estimate of drug-likeness (QED) is 0.744. The van der Waals surface area contributed by atoms with Gasteiger partial charge in [0, 0.05) is 23.8 Å². The summed E-state index contributed by atoms with van der Waals surface area (Å²) in [6, 6.07) is 0. The van der Waals surface area contributed by atoms with Crippen molar-refractivity contribution in [3.63, 3.8) is 0 Å². The van der Waals surface area contributed by atoms with E-state index in [9.17, 15) is 4.79 Å². The summed E-state index contributed by atoms with van der Waals surface area (Å²) >= 11 is 1.81. The summed E-state index contributed by atoms with van der Waals surface area (Å²) in [4.78, 5) is 19.7. The SMILES string of the molecule is CCN1C(=NC(=O)C2CCCCC2)SCCC12CCCCC2. The lowest BCUT2D eigenvalue weighted by Crippen LogP contribution is -2.55. The Bertz CT molecular complexity index is 417. The zero-order valence-electron chi connectivity index (χ0n) is 14.0. The van der Waals surface area contributed by atoms with Crippen molar-refractivity contribution >= 4 is 22.8 Å². The lowest BCUT2D eigenvalue weighted by molar-refractivity contribution is -0.122. The van der Waals surface area contributed by atoms with Crippen molar-refractivity contribution in [3.8, 4) is 0 Å². The predicted molar refractivity (Wildman–Crippen MR) is 94.3 cm³/mol. The number of nitrogens with zero attached hydrogens (tertiary/aromatic N) is 2. The molecule has 1 spiro atoms. The molecule has 4 heteroatoms. The largest absolute Gasteiger partial charge is 0.346 e. The van der Waals surface area contributed by atoms with Crippen LogP contribution in [0.2, 0.25) is 0 Å². The van der Waals surface area contributed by atoms with Crippen LogP contribution in [0.25, 0.3) is 0 Å². The second kappa shape index (κ2) is 7.37. The van der Waals surface area contributed by atoms with Crippen LogP contribution >= 0.6 is 11.8 Å². The molecular weight excluding hydrogens is 292 g/mol. The first-order valence-electron chi connectivity index (χ1n) is 9.28. The van der Waals surface area contributed by atoms with Gasteiger partial charge in [0.15, 0.2) is 5.17 Å². The number of carbonyl (C=O) groups is 1. The third-order valence-corrected chi connectivity index (χ3v) is 6.84. The van der Waals surface area contributed by atoms with Crippen LogP contribution in [0.1, 0.15) is 77.6 Å². The maximum absolute atomic E-state index is 12.6. The number of amides is 1. The summed E-state index contributed by atoms with van der Waals surface area (Å²) in [6.45, 7) is 3.21. The van der Waals surface area contributed by atoms with Gasteiger partial charge in [-0.2, -0.15) is 4.99 Å². The average Bonchev–Trinajstić information content (AvgIpc) is 2.57. The molecule has 0 N–H and O–H groups in total. The second-order valence-electron chi connectivity index (χ2n) is 7.20. The van der Waals surface area contributed by atoms with E-state index in [1.54, 1.807) is 0 Å². The number of hydrogen-bond acceptors (Lipinski definition) is 2. The molecule has 3 nitrogen and oxygen atoms in total. The third-order valence-electron chi connectivity index (χ3n) is 5.86. The lowest BCUT2D eigenvalue weighted by Gasteiger charge is -2.50. The van der Waals surface area contributed by atoms with Crippen LogP contribution in [0.5, 0.6) is 0 Å². The van der Waals surface area contributed by atoms with Gasteiger partial charge in [0.05, 0.1) is 0 Å². The van der Waals surface area contributed by atoms with E-state index in [1.165, 1.54) is 57.8 Å². The molecule has 0 unspecified atom stereocenters. The molecule has 0 aromatic rings. The molecule has 3 aliphatic rings. The summed E-state index contributed by atoms with van der Waals surface area (Å²) in [5, 5.41) is 1.03. The Labute approximate surface area is 139 Å². The number of amidine groups is 1. The van der Waals surface area contributed by atoms with Crippen molar-refractivity contribution < 1.29 is 4.79 Å². The molecule has 2 saturated carbocycles. The predicted octanol–water partition coefficient (Wildman–Crippen LogP) is 4.61. The van der Waals surface area contributed by atoms with Gasteiger partial charge in [-0.25, -0.2) is 0 Å². The van der Waals surface area contributed by atoms with Crippen LogP contribution in [0, 0.1) is 5.92 Å². The highest BCUT2D eigenvalue weighted by Crippen LogP contribution is 2.42.